The highest BCUT2D eigenvalue weighted by Crippen LogP contribution is 2.28. The van der Waals surface area contributed by atoms with Gasteiger partial charge in [0, 0.05) is 27.7 Å². The summed E-state index contributed by atoms with van der Waals surface area (Å²) in [5.41, 5.74) is 1.71. The summed E-state index contributed by atoms with van der Waals surface area (Å²) in [6.45, 7) is 3.15. The number of unbranched alkanes of at least 4 members (excludes halogenated alkanes) is 2. The first-order chi connectivity index (χ1) is 7.50. The van der Waals surface area contributed by atoms with Crippen LogP contribution in [0.5, 0.6) is 0 Å². The third-order valence-electron chi connectivity index (χ3n) is 2.79. The molecule has 0 aliphatic heterocycles. The van der Waals surface area contributed by atoms with Crippen molar-refractivity contribution in [1.82, 2.24) is 0 Å². The molecule has 0 unspecified atom stereocenters. The Morgan fingerprint density at radius 2 is 1.75 bits per heavy atom. The van der Waals surface area contributed by atoms with Crippen molar-refractivity contribution in [2.75, 3.05) is 37.5 Å². The van der Waals surface area contributed by atoms with Gasteiger partial charge in [-0.2, -0.15) is 0 Å². The van der Waals surface area contributed by atoms with Crippen LogP contribution in [0.2, 0.25) is 0 Å². The average Bonchev–Trinajstić information content (AvgIpc) is 2.23. The smallest absolute Gasteiger partial charge is 0.224 e. The van der Waals surface area contributed by atoms with Crippen molar-refractivity contribution in [3.8, 4) is 0 Å². The second-order valence-electron chi connectivity index (χ2n) is 4.38. The standard InChI is InChI=1S/C12H20N2OS/c1-5-6-7-8-14(4)10-9(13(2)3)11(15)12(10)16/h5-8H2,1-4H3. The lowest BCUT2D eigenvalue weighted by Crippen LogP contribution is -2.32. The predicted molar refractivity (Wildman–Crippen MR) is 73.0 cm³/mol. The van der Waals surface area contributed by atoms with Crippen LogP contribution in [0.25, 0.3) is 0 Å². The zero-order valence-electron chi connectivity index (χ0n) is 10.5. The van der Waals surface area contributed by atoms with Gasteiger partial charge >= 0.3 is 0 Å². The molecular formula is C12H20N2OS. The Balaban J connectivity index is 2.76. The van der Waals surface area contributed by atoms with Crippen LogP contribution < -0.4 is 15.2 Å². The molecule has 16 heavy (non-hydrogen) atoms. The van der Waals surface area contributed by atoms with Gasteiger partial charge in [-0.1, -0.05) is 32.0 Å². The van der Waals surface area contributed by atoms with Crippen LogP contribution in [0.15, 0.2) is 4.79 Å². The molecule has 0 aliphatic carbocycles. The summed E-state index contributed by atoms with van der Waals surface area (Å²) < 4.78 is 0.489. The summed E-state index contributed by atoms with van der Waals surface area (Å²) in [5, 5.41) is 0. The van der Waals surface area contributed by atoms with E-state index in [-0.39, 0.29) is 5.43 Å². The third kappa shape index (κ3) is 2.43. The highest BCUT2D eigenvalue weighted by atomic mass is 32.1. The molecule has 0 N–H and O–H groups in total. The van der Waals surface area contributed by atoms with Gasteiger partial charge in [-0.05, 0) is 6.42 Å². The lowest BCUT2D eigenvalue weighted by Gasteiger charge is -2.27. The quantitative estimate of drug-likeness (QED) is 0.562. The van der Waals surface area contributed by atoms with Crippen LogP contribution in [-0.2, 0) is 0 Å². The van der Waals surface area contributed by atoms with Crippen molar-refractivity contribution >= 4 is 23.6 Å². The second-order valence-corrected chi connectivity index (χ2v) is 4.79. The normalized spacial score (nSPS) is 10.8. The maximum Gasteiger partial charge on any atom is 0.224 e. The van der Waals surface area contributed by atoms with Crippen molar-refractivity contribution in [2.45, 2.75) is 26.2 Å². The Hall–Kier alpha value is -0.900. The molecule has 0 spiro atoms. The van der Waals surface area contributed by atoms with Gasteiger partial charge in [0.2, 0.25) is 5.43 Å². The number of nitrogens with zero attached hydrogens (tertiary/aromatic N) is 2. The van der Waals surface area contributed by atoms with Crippen molar-refractivity contribution in [3.63, 3.8) is 0 Å². The summed E-state index contributed by atoms with van der Waals surface area (Å²) >= 11 is 5.10. The van der Waals surface area contributed by atoms with Crippen molar-refractivity contribution in [3.05, 3.63) is 14.7 Å². The Bertz CT molecular complexity index is 419. The van der Waals surface area contributed by atoms with Crippen LogP contribution in [0, 0.1) is 4.51 Å². The maximum atomic E-state index is 11.6. The molecule has 0 aromatic heterocycles. The first-order valence-corrected chi connectivity index (χ1v) is 6.13. The fourth-order valence-corrected chi connectivity index (χ4v) is 2.20. The summed E-state index contributed by atoms with van der Waals surface area (Å²) in [6.07, 6.45) is 3.57. The molecule has 1 aromatic rings. The molecule has 90 valence electrons. The topological polar surface area (TPSA) is 23.6 Å². The van der Waals surface area contributed by atoms with E-state index >= 15 is 0 Å². The van der Waals surface area contributed by atoms with Crippen molar-refractivity contribution in [1.29, 1.82) is 0 Å². The highest BCUT2D eigenvalue weighted by Gasteiger charge is 2.22. The van der Waals surface area contributed by atoms with Gasteiger partial charge in [0.1, 0.15) is 10.2 Å². The molecule has 0 radical (unpaired) electrons. The van der Waals surface area contributed by atoms with E-state index in [4.69, 9.17) is 12.2 Å². The van der Waals surface area contributed by atoms with Crippen LogP contribution in [0.4, 0.5) is 11.4 Å². The SMILES string of the molecule is CCCCCN(C)c1c(N(C)C)c(=O)c1=S. The molecule has 0 saturated heterocycles. The fourth-order valence-electron chi connectivity index (χ4n) is 1.85. The van der Waals surface area contributed by atoms with Gasteiger partial charge < -0.3 is 9.80 Å². The molecule has 4 heteroatoms. The van der Waals surface area contributed by atoms with E-state index in [0.29, 0.717) is 4.51 Å². The van der Waals surface area contributed by atoms with Crippen molar-refractivity contribution < 1.29 is 0 Å². The maximum absolute atomic E-state index is 11.6. The molecular weight excluding hydrogens is 220 g/mol. The third-order valence-corrected chi connectivity index (χ3v) is 3.17. The van der Waals surface area contributed by atoms with E-state index in [1.54, 1.807) is 0 Å². The predicted octanol–water partition coefficient (Wildman–Crippen LogP) is 2.34. The highest BCUT2D eigenvalue weighted by molar-refractivity contribution is 7.71. The molecule has 0 aliphatic rings. The number of rotatable bonds is 6. The molecule has 0 fully saturated rings. The van der Waals surface area contributed by atoms with E-state index in [2.05, 4.69) is 11.8 Å². The van der Waals surface area contributed by atoms with Gasteiger partial charge in [-0.3, -0.25) is 4.79 Å². The summed E-state index contributed by atoms with van der Waals surface area (Å²) in [5.74, 6) is 0. The van der Waals surface area contributed by atoms with Crippen LogP contribution in [0.1, 0.15) is 26.2 Å². The minimum absolute atomic E-state index is 0.0114. The molecule has 0 heterocycles. The Morgan fingerprint density at radius 1 is 1.12 bits per heavy atom. The summed E-state index contributed by atoms with van der Waals surface area (Å²) in [6, 6.07) is 0. The summed E-state index contributed by atoms with van der Waals surface area (Å²) in [7, 11) is 5.77. The molecule has 0 bridgehead atoms. The molecule has 0 saturated carbocycles. The number of anilines is 2. The van der Waals surface area contributed by atoms with Gasteiger partial charge in [-0.15, -0.1) is 0 Å². The zero-order valence-corrected chi connectivity index (χ0v) is 11.4. The van der Waals surface area contributed by atoms with Crippen LogP contribution >= 0.6 is 12.2 Å². The van der Waals surface area contributed by atoms with E-state index in [9.17, 15) is 4.79 Å². The lowest BCUT2D eigenvalue weighted by atomic mass is 10.1. The molecule has 0 atom stereocenters. The molecule has 3 nitrogen and oxygen atoms in total. The number of hydrogen-bond donors (Lipinski definition) is 0. The Labute approximate surface area is 102 Å². The first kappa shape index (κ1) is 13.2. The van der Waals surface area contributed by atoms with Gasteiger partial charge in [0.25, 0.3) is 0 Å². The fraction of sp³-hybridized carbons (Fsp3) is 0.667. The molecule has 0 amide bonds. The first-order valence-electron chi connectivity index (χ1n) is 5.72. The van der Waals surface area contributed by atoms with E-state index in [1.807, 2.05) is 26.0 Å². The summed E-state index contributed by atoms with van der Waals surface area (Å²) in [4.78, 5) is 15.5. The van der Waals surface area contributed by atoms with Gasteiger partial charge in [0.05, 0.1) is 5.69 Å². The van der Waals surface area contributed by atoms with Gasteiger partial charge in [-0.25, -0.2) is 0 Å². The Kier molecular flexibility index (Phi) is 4.47. The van der Waals surface area contributed by atoms with E-state index < -0.39 is 0 Å². The zero-order chi connectivity index (χ0) is 12.3. The Morgan fingerprint density at radius 3 is 2.25 bits per heavy atom. The molecule has 1 rings (SSSR count). The van der Waals surface area contributed by atoms with Crippen LogP contribution in [-0.4, -0.2) is 27.7 Å². The lowest BCUT2D eigenvalue weighted by molar-refractivity contribution is 0.703. The average molecular weight is 240 g/mol. The van der Waals surface area contributed by atoms with Crippen LogP contribution in [0.3, 0.4) is 0 Å². The largest absolute Gasteiger partial charge is 0.373 e. The second kappa shape index (κ2) is 5.43. The number of hydrogen-bond acceptors (Lipinski definition) is 4. The minimum Gasteiger partial charge on any atom is -0.373 e. The van der Waals surface area contributed by atoms with E-state index in [1.165, 1.54) is 12.8 Å². The van der Waals surface area contributed by atoms with E-state index in [0.717, 1.165) is 24.3 Å². The van der Waals surface area contributed by atoms with Gasteiger partial charge in [0.15, 0.2) is 0 Å². The minimum atomic E-state index is 0.0114. The van der Waals surface area contributed by atoms with Crippen molar-refractivity contribution in [2.24, 2.45) is 0 Å². The molecule has 1 aromatic carbocycles. The monoisotopic (exact) mass is 240 g/mol.